The number of hydrogen-bond acceptors (Lipinski definition) is 6. The van der Waals surface area contributed by atoms with Gasteiger partial charge in [-0.05, 0) is 85.3 Å². The Balaban J connectivity index is 1.21. The fourth-order valence-corrected chi connectivity index (χ4v) is 7.14. The van der Waals surface area contributed by atoms with E-state index < -0.39 is 10.8 Å². The summed E-state index contributed by atoms with van der Waals surface area (Å²) in [6.45, 7) is 4.68. The quantitative estimate of drug-likeness (QED) is 0.352. The Bertz CT molecular complexity index is 1720. The van der Waals surface area contributed by atoms with Crippen molar-refractivity contribution in [2.75, 3.05) is 37.3 Å². The SMILES string of the molecule is CNCc1cc(F)ccc1CN(CC(=O)Nc1ccc2c(c1)C[C@@]1(C2)C(=O)Nc2ncccc21)C(=O)C1(C)CCN(C(C)=O)CC1. The van der Waals surface area contributed by atoms with Crippen molar-refractivity contribution >= 4 is 35.1 Å². The lowest BCUT2D eigenvalue weighted by Crippen LogP contribution is -2.51. The number of aromatic nitrogens is 1. The van der Waals surface area contributed by atoms with Crippen LogP contribution in [-0.2, 0) is 50.5 Å². The molecule has 2 aliphatic heterocycles. The third kappa shape index (κ3) is 5.87. The molecule has 3 aromatic rings. The first-order valence-corrected chi connectivity index (χ1v) is 15.7. The molecule has 3 heterocycles. The molecule has 11 heteroatoms. The van der Waals surface area contributed by atoms with Crippen molar-refractivity contribution < 1.29 is 23.6 Å². The average molecular weight is 627 g/mol. The molecule has 1 atom stereocenters. The molecule has 1 saturated heterocycles. The number of halogens is 1. The minimum atomic E-state index is -0.760. The van der Waals surface area contributed by atoms with Gasteiger partial charge in [0.1, 0.15) is 18.2 Å². The Morgan fingerprint density at radius 3 is 2.54 bits per heavy atom. The van der Waals surface area contributed by atoms with Crippen LogP contribution in [0.5, 0.6) is 0 Å². The first kappa shape index (κ1) is 31.3. The van der Waals surface area contributed by atoms with E-state index in [0.717, 1.165) is 22.3 Å². The number of nitrogens with zero attached hydrogens (tertiary/aromatic N) is 3. The van der Waals surface area contributed by atoms with E-state index in [0.29, 0.717) is 62.4 Å². The summed E-state index contributed by atoms with van der Waals surface area (Å²) in [4.78, 5) is 60.4. The summed E-state index contributed by atoms with van der Waals surface area (Å²) in [5.74, 6) is -0.418. The van der Waals surface area contributed by atoms with Crippen LogP contribution in [0.2, 0.25) is 0 Å². The van der Waals surface area contributed by atoms with Gasteiger partial charge in [-0.3, -0.25) is 19.2 Å². The smallest absolute Gasteiger partial charge is 0.244 e. The maximum Gasteiger partial charge on any atom is 0.244 e. The highest BCUT2D eigenvalue weighted by atomic mass is 19.1. The van der Waals surface area contributed by atoms with E-state index in [-0.39, 0.29) is 42.5 Å². The first-order chi connectivity index (χ1) is 22.0. The molecule has 1 fully saturated rings. The lowest BCUT2D eigenvalue weighted by atomic mass is 9.78. The van der Waals surface area contributed by atoms with Crippen molar-refractivity contribution in [2.24, 2.45) is 5.41 Å². The molecule has 46 heavy (non-hydrogen) atoms. The largest absolute Gasteiger partial charge is 0.343 e. The summed E-state index contributed by atoms with van der Waals surface area (Å²) in [5.41, 5.74) is 3.46. The number of carbonyl (C=O) groups excluding carboxylic acids is 4. The van der Waals surface area contributed by atoms with Crippen molar-refractivity contribution in [3.05, 3.63) is 88.4 Å². The number of pyridine rings is 1. The van der Waals surface area contributed by atoms with Crippen LogP contribution in [0, 0.1) is 11.2 Å². The highest BCUT2D eigenvalue weighted by molar-refractivity contribution is 6.06. The number of anilines is 2. The van der Waals surface area contributed by atoms with Gasteiger partial charge in [0.15, 0.2) is 0 Å². The predicted octanol–water partition coefficient (Wildman–Crippen LogP) is 3.54. The van der Waals surface area contributed by atoms with E-state index in [1.54, 1.807) is 29.1 Å². The van der Waals surface area contributed by atoms with Gasteiger partial charge in [0.25, 0.3) is 0 Å². The zero-order valence-electron chi connectivity index (χ0n) is 26.4. The summed E-state index contributed by atoms with van der Waals surface area (Å²) >= 11 is 0. The highest BCUT2D eigenvalue weighted by Gasteiger charge is 2.51. The van der Waals surface area contributed by atoms with Gasteiger partial charge in [0.2, 0.25) is 23.6 Å². The number of likely N-dealkylation sites (tertiary alicyclic amines) is 1. The van der Waals surface area contributed by atoms with E-state index in [1.807, 2.05) is 37.3 Å². The molecule has 6 rings (SSSR count). The van der Waals surface area contributed by atoms with Crippen molar-refractivity contribution in [2.45, 2.75) is 58.0 Å². The molecule has 10 nitrogen and oxygen atoms in total. The van der Waals surface area contributed by atoms with E-state index >= 15 is 0 Å². The number of amides is 4. The fraction of sp³-hybridized carbons (Fsp3) is 0.400. The van der Waals surface area contributed by atoms with Crippen LogP contribution in [-0.4, -0.2) is 65.1 Å². The summed E-state index contributed by atoms with van der Waals surface area (Å²) in [6, 6.07) is 13.9. The molecule has 240 valence electrons. The van der Waals surface area contributed by atoms with Gasteiger partial charge in [-0.2, -0.15) is 0 Å². The monoisotopic (exact) mass is 626 g/mol. The molecule has 2 aromatic carbocycles. The number of benzene rings is 2. The minimum absolute atomic E-state index is 0.0246. The first-order valence-electron chi connectivity index (χ1n) is 15.7. The van der Waals surface area contributed by atoms with E-state index in [2.05, 4.69) is 20.9 Å². The Kier molecular flexibility index (Phi) is 8.37. The second kappa shape index (κ2) is 12.3. The van der Waals surface area contributed by atoms with Crippen LogP contribution in [0.3, 0.4) is 0 Å². The maximum absolute atomic E-state index is 14.2. The van der Waals surface area contributed by atoms with E-state index in [9.17, 15) is 23.6 Å². The summed E-state index contributed by atoms with van der Waals surface area (Å²) < 4.78 is 14.1. The van der Waals surface area contributed by atoms with Crippen molar-refractivity contribution in [3.63, 3.8) is 0 Å². The van der Waals surface area contributed by atoms with Gasteiger partial charge in [0.05, 0.1) is 5.41 Å². The molecule has 4 amide bonds. The zero-order valence-corrected chi connectivity index (χ0v) is 26.4. The van der Waals surface area contributed by atoms with Crippen molar-refractivity contribution in [1.29, 1.82) is 0 Å². The fourth-order valence-electron chi connectivity index (χ4n) is 7.14. The molecule has 1 aliphatic carbocycles. The third-order valence-electron chi connectivity index (χ3n) is 9.81. The third-order valence-corrected chi connectivity index (χ3v) is 9.81. The van der Waals surface area contributed by atoms with Gasteiger partial charge >= 0.3 is 0 Å². The minimum Gasteiger partial charge on any atom is -0.343 e. The van der Waals surface area contributed by atoms with Gasteiger partial charge in [-0.25, -0.2) is 9.37 Å². The molecule has 0 bridgehead atoms. The lowest BCUT2D eigenvalue weighted by molar-refractivity contribution is -0.148. The molecule has 3 N–H and O–H groups in total. The van der Waals surface area contributed by atoms with Gasteiger partial charge in [-0.15, -0.1) is 0 Å². The highest BCUT2D eigenvalue weighted by Crippen LogP contribution is 2.47. The van der Waals surface area contributed by atoms with Gasteiger partial charge in [0, 0.05) is 56.0 Å². The summed E-state index contributed by atoms with van der Waals surface area (Å²) in [6.07, 6.45) is 3.67. The molecule has 0 saturated carbocycles. The molecule has 1 aromatic heterocycles. The Hall–Kier alpha value is -4.64. The molecule has 3 aliphatic rings. The molecular formula is C35H39FN6O4. The number of hydrogen-bond donors (Lipinski definition) is 3. The number of piperidine rings is 1. The molecule has 0 unspecified atom stereocenters. The van der Waals surface area contributed by atoms with Crippen molar-refractivity contribution in [3.8, 4) is 0 Å². The molecule has 1 spiro atoms. The number of carbonyl (C=O) groups is 4. The standard InChI is InChI=1S/C35H39FN6O4/c1-22(43)41-13-10-34(2,11-14-41)33(46)42(20-24-6-8-27(36)15-26(24)19-37-3)21-30(44)39-28-9-7-23-17-35(18-25(23)16-28)29-5-4-12-38-31(29)40-32(35)45/h4-9,12,15-16,37H,10-11,13-14,17-21H2,1-3H3,(H,39,44)(H,38,40,45)/t35-/m1/s1. The normalized spacial score (nSPS) is 19.4. The Morgan fingerprint density at radius 1 is 1.04 bits per heavy atom. The Morgan fingerprint density at radius 2 is 1.80 bits per heavy atom. The zero-order chi connectivity index (χ0) is 32.6. The average Bonchev–Trinajstić information content (AvgIpc) is 3.54. The van der Waals surface area contributed by atoms with Crippen LogP contribution < -0.4 is 16.0 Å². The van der Waals surface area contributed by atoms with Gasteiger partial charge < -0.3 is 25.8 Å². The van der Waals surface area contributed by atoms with Crippen molar-refractivity contribution in [1.82, 2.24) is 20.1 Å². The predicted molar refractivity (Wildman–Crippen MR) is 171 cm³/mol. The second-order valence-corrected chi connectivity index (χ2v) is 13.0. The second-order valence-electron chi connectivity index (χ2n) is 13.0. The number of fused-ring (bicyclic) bond motifs is 3. The number of rotatable bonds is 8. The molecular weight excluding hydrogens is 587 g/mol. The van der Waals surface area contributed by atoms with E-state index in [4.69, 9.17) is 0 Å². The van der Waals surface area contributed by atoms with Crippen LogP contribution in [0.4, 0.5) is 15.9 Å². The number of nitrogens with one attached hydrogen (secondary N) is 3. The summed E-state index contributed by atoms with van der Waals surface area (Å²) in [7, 11) is 1.77. The van der Waals surface area contributed by atoms with Gasteiger partial charge in [-0.1, -0.05) is 25.1 Å². The lowest BCUT2D eigenvalue weighted by Gasteiger charge is -2.40. The molecule has 0 radical (unpaired) electrons. The Labute approximate surface area is 267 Å². The van der Waals surface area contributed by atoms with Crippen LogP contribution >= 0.6 is 0 Å². The summed E-state index contributed by atoms with van der Waals surface area (Å²) in [5, 5.41) is 8.93. The van der Waals surface area contributed by atoms with Crippen LogP contribution in [0.1, 0.15) is 54.5 Å². The van der Waals surface area contributed by atoms with E-state index in [1.165, 1.54) is 19.1 Å². The topological polar surface area (TPSA) is 124 Å². The van der Waals surface area contributed by atoms with Crippen LogP contribution in [0.15, 0.2) is 54.7 Å². The maximum atomic E-state index is 14.2. The van der Waals surface area contributed by atoms with Crippen LogP contribution in [0.25, 0.3) is 0 Å².